The number of aromatic nitrogens is 1. The second-order valence-corrected chi connectivity index (χ2v) is 5.32. The quantitative estimate of drug-likeness (QED) is 0.865. The largest absolute Gasteiger partial charge is 0.376 e. The molecule has 1 amide bonds. The Morgan fingerprint density at radius 1 is 1.45 bits per heavy atom. The van der Waals surface area contributed by atoms with Crippen LogP contribution >= 0.6 is 11.6 Å². The van der Waals surface area contributed by atoms with Gasteiger partial charge in [-0.1, -0.05) is 35.9 Å². The van der Waals surface area contributed by atoms with Gasteiger partial charge in [-0.15, -0.1) is 0 Å². The third kappa shape index (κ3) is 2.49. The molecule has 1 N–H and O–H groups in total. The lowest BCUT2D eigenvalue weighted by molar-refractivity contribution is 0.0862. The number of nitrogens with zero attached hydrogens (tertiary/aromatic N) is 1. The van der Waals surface area contributed by atoms with Crippen molar-refractivity contribution in [3.8, 4) is 0 Å². The minimum absolute atomic E-state index is 0.0366. The summed E-state index contributed by atoms with van der Waals surface area (Å²) in [7, 11) is 0. The summed E-state index contributed by atoms with van der Waals surface area (Å²) in [5.41, 5.74) is 0.341. The number of nitrogens with one attached hydrogen (secondary N) is 1. The molecular weight excluding hydrogens is 276 g/mol. The number of carbonyl (C=O) groups is 1. The number of benzene rings is 1. The summed E-state index contributed by atoms with van der Waals surface area (Å²) in [6.45, 7) is 2.64. The predicted octanol–water partition coefficient (Wildman–Crippen LogP) is 2.80. The normalized spacial score (nSPS) is 22.1. The molecule has 0 spiro atoms. The summed E-state index contributed by atoms with van der Waals surface area (Å²) in [5.74, 6) is -0.208. The standard InChI is InChI=1S/C15H15ClN2O2/c1-9-12(6-7-20-9)18-15(19)13-8-10-4-2-3-5-11(10)14(16)17-13/h2-5,8-9,12H,6-7H2,1H3,(H,18,19). The first kappa shape index (κ1) is 13.3. The molecule has 1 aliphatic rings. The lowest BCUT2D eigenvalue weighted by Gasteiger charge is -2.15. The SMILES string of the molecule is CC1OCCC1NC(=O)c1cc2ccccc2c(Cl)n1. The number of fused-ring (bicyclic) bond motifs is 1. The van der Waals surface area contributed by atoms with E-state index in [4.69, 9.17) is 16.3 Å². The van der Waals surface area contributed by atoms with Crippen LogP contribution in [0.25, 0.3) is 10.8 Å². The van der Waals surface area contributed by atoms with Gasteiger partial charge in [0.25, 0.3) is 5.91 Å². The molecule has 1 aromatic carbocycles. The summed E-state index contributed by atoms with van der Waals surface area (Å²) in [5, 5.41) is 5.06. The average molecular weight is 291 g/mol. The number of pyridine rings is 1. The number of hydrogen-bond donors (Lipinski definition) is 1. The van der Waals surface area contributed by atoms with E-state index in [0.717, 1.165) is 17.2 Å². The van der Waals surface area contributed by atoms with E-state index in [9.17, 15) is 4.79 Å². The van der Waals surface area contributed by atoms with Crippen molar-refractivity contribution in [2.24, 2.45) is 0 Å². The van der Waals surface area contributed by atoms with E-state index in [0.29, 0.717) is 17.5 Å². The first-order valence-electron chi connectivity index (χ1n) is 6.63. The van der Waals surface area contributed by atoms with Crippen LogP contribution in [-0.2, 0) is 4.74 Å². The van der Waals surface area contributed by atoms with E-state index in [-0.39, 0.29) is 18.1 Å². The summed E-state index contributed by atoms with van der Waals surface area (Å²) in [6.07, 6.45) is 0.865. The topological polar surface area (TPSA) is 51.2 Å². The number of ether oxygens (including phenoxy) is 1. The van der Waals surface area contributed by atoms with Gasteiger partial charge in [-0.2, -0.15) is 0 Å². The highest BCUT2D eigenvalue weighted by Crippen LogP contribution is 2.22. The van der Waals surface area contributed by atoms with Gasteiger partial charge in [0.15, 0.2) is 0 Å². The predicted molar refractivity (Wildman–Crippen MR) is 78.0 cm³/mol. The Hall–Kier alpha value is -1.65. The molecule has 0 bridgehead atoms. The third-order valence-corrected chi connectivity index (χ3v) is 3.91. The highest BCUT2D eigenvalue weighted by molar-refractivity contribution is 6.34. The number of amides is 1. The molecule has 1 saturated heterocycles. The summed E-state index contributed by atoms with van der Waals surface area (Å²) in [4.78, 5) is 16.4. The van der Waals surface area contributed by atoms with Crippen molar-refractivity contribution >= 4 is 28.3 Å². The number of halogens is 1. The maximum Gasteiger partial charge on any atom is 0.270 e. The Balaban J connectivity index is 1.88. The molecule has 3 rings (SSSR count). The van der Waals surface area contributed by atoms with Crippen molar-refractivity contribution < 1.29 is 9.53 Å². The Morgan fingerprint density at radius 2 is 2.25 bits per heavy atom. The second-order valence-electron chi connectivity index (χ2n) is 4.96. The lowest BCUT2D eigenvalue weighted by Crippen LogP contribution is -2.39. The van der Waals surface area contributed by atoms with Gasteiger partial charge in [0.1, 0.15) is 10.8 Å². The first-order valence-corrected chi connectivity index (χ1v) is 7.00. The molecule has 1 fully saturated rings. The van der Waals surface area contributed by atoms with Gasteiger partial charge in [-0.25, -0.2) is 4.98 Å². The molecule has 2 unspecified atom stereocenters. The van der Waals surface area contributed by atoms with Crippen LogP contribution in [0.3, 0.4) is 0 Å². The summed E-state index contributed by atoms with van der Waals surface area (Å²) in [6, 6.07) is 9.41. The van der Waals surface area contributed by atoms with Gasteiger partial charge in [-0.05, 0) is 24.8 Å². The summed E-state index contributed by atoms with van der Waals surface area (Å²) < 4.78 is 5.43. The monoisotopic (exact) mass is 290 g/mol. The fraction of sp³-hybridized carbons (Fsp3) is 0.333. The minimum Gasteiger partial charge on any atom is -0.376 e. The molecule has 4 nitrogen and oxygen atoms in total. The first-order chi connectivity index (χ1) is 9.65. The zero-order valence-corrected chi connectivity index (χ0v) is 11.9. The minimum atomic E-state index is -0.208. The van der Waals surface area contributed by atoms with E-state index in [1.165, 1.54) is 0 Å². The van der Waals surface area contributed by atoms with Gasteiger partial charge in [-0.3, -0.25) is 4.79 Å². The second kappa shape index (κ2) is 5.38. The van der Waals surface area contributed by atoms with E-state index in [2.05, 4.69) is 10.3 Å². The Kier molecular flexibility index (Phi) is 3.59. The van der Waals surface area contributed by atoms with Crippen LogP contribution in [0, 0.1) is 0 Å². The third-order valence-electron chi connectivity index (χ3n) is 3.62. The zero-order valence-electron chi connectivity index (χ0n) is 11.1. The van der Waals surface area contributed by atoms with Gasteiger partial charge in [0, 0.05) is 12.0 Å². The van der Waals surface area contributed by atoms with Gasteiger partial charge in [0.05, 0.1) is 12.1 Å². The van der Waals surface area contributed by atoms with Crippen molar-refractivity contribution in [3.05, 3.63) is 41.2 Å². The number of rotatable bonds is 2. The number of carbonyl (C=O) groups excluding carboxylic acids is 1. The van der Waals surface area contributed by atoms with E-state index in [1.54, 1.807) is 6.07 Å². The number of hydrogen-bond acceptors (Lipinski definition) is 3. The molecule has 2 aromatic rings. The average Bonchev–Trinajstić information content (AvgIpc) is 2.84. The molecule has 0 radical (unpaired) electrons. The lowest BCUT2D eigenvalue weighted by atomic mass is 10.1. The van der Waals surface area contributed by atoms with Crippen molar-refractivity contribution in [2.45, 2.75) is 25.5 Å². The van der Waals surface area contributed by atoms with Crippen LogP contribution in [0.4, 0.5) is 0 Å². The molecule has 2 atom stereocenters. The van der Waals surface area contributed by atoms with Gasteiger partial charge in [0.2, 0.25) is 0 Å². The van der Waals surface area contributed by atoms with Crippen LogP contribution in [0.1, 0.15) is 23.8 Å². The molecule has 0 saturated carbocycles. The van der Waals surface area contributed by atoms with Crippen LogP contribution in [0.5, 0.6) is 0 Å². The van der Waals surface area contributed by atoms with E-state index in [1.807, 2.05) is 31.2 Å². The summed E-state index contributed by atoms with van der Waals surface area (Å²) >= 11 is 6.14. The molecular formula is C15H15ClN2O2. The molecule has 1 aliphatic heterocycles. The molecule has 20 heavy (non-hydrogen) atoms. The maximum atomic E-state index is 12.3. The molecule has 5 heteroatoms. The van der Waals surface area contributed by atoms with Crippen LogP contribution in [0.15, 0.2) is 30.3 Å². The molecule has 2 heterocycles. The Bertz CT molecular complexity index is 659. The van der Waals surface area contributed by atoms with E-state index >= 15 is 0 Å². The Morgan fingerprint density at radius 3 is 3.00 bits per heavy atom. The van der Waals surface area contributed by atoms with Crippen LogP contribution in [-0.4, -0.2) is 29.6 Å². The molecule has 104 valence electrons. The molecule has 1 aromatic heterocycles. The van der Waals surface area contributed by atoms with E-state index < -0.39 is 0 Å². The smallest absolute Gasteiger partial charge is 0.270 e. The van der Waals surface area contributed by atoms with Crippen LogP contribution < -0.4 is 5.32 Å². The maximum absolute atomic E-state index is 12.3. The fourth-order valence-corrected chi connectivity index (χ4v) is 2.70. The van der Waals surface area contributed by atoms with Crippen molar-refractivity contribution in [2.75, 3.05) is 6.61 Å². The van der Waals surface area contributed by atoms with Crippen LogP contribution in [0.2, 0.25) is 5.15 Å². The van der Waals surface area contributed by atoms with Crippen molar-refractivity contribution in [1.29, 1.82) is 0 Å². The highest BCUT2D eigenvalue weighted by Gasteiger charge is 2.26. The molecule has 0 aliphatic carbocycles. The van der Waals surface area contributed by atoms with Gasteiger partial charge < -0.3 is 10.1 Å². The Labute approximate surface area is 122 Å². The fourth-order valence-electron chi connectivity index (χ4n) is 2.44. The highest BCUT2D eigenvalue weighted by atomic mass is 35.5. The van der Waals surface area contributed by atoms with Crippen molar-refractivity contribution in [1.82, 2.24) is 10.3 Å². The van der Waals surface area contributed by atoms with Crippen molar-refractivity contribution in [3.63, 3.8) is 0 Å². The van der Waals surface area contributed by atoms with Gasteiger partial charge >= 0.3 is 0 Å². The zero-order chi connectivity index (χ0) is 14.1.